The van der Waals surface area contributed by atoms with E-state index in [-0.39, 0.29) is 6.10 Å². The predicted molar refractivity (Wildman–Crippen MR) is 78.7 cm³/mol. The van der Waals surface area contributed by atoms with Gasteiger partial charge in [0.25, 0.3) is 0 Å². The fourth-order valence-electron chi connectivity index (χ4n) is 1.89. The first-order valence-corrected chi connectivity index (χ1v) is 9.43. The number of rotatable bonds is 3. The Labute approximate surface area is 117 Å². The van der Waals surface area contributed by atoms with E-state index in [4.69, 9.17) is 21.3 Å². The molecule has 4 nitrogen and oxygen atoms in total. The number of hydrogen-bond donors (Lipinski definition) is 2. The van der Waals surface area contributed by atoms with Gasteiger partial charge < -0.3 is 14.4 Å². The van der Waals surface area contributed by atoms with Crippen LogP contribution in [0.1, 0.15) is 11.7 Å². The third-order valence-corrected chi connectivity index (χ3v) is 5.45. The minimum atomic E-state index is -2.66. The van der Waals surface area contributed by atoms with Gasteiger partial charge in [0.15, 0.2) is 5.62 Å². The number of nitrogens with zero attached hydrogens (tertiary/aromatic N) is 1. The molecule has 1 aromatic rings. The highest BCUT2D eigenvalue weighted by molar-refractivity contribution is 8.60. The second-order valence-electron chi connectivity index (χ2n) is 4.06. The van der Waals surface area contributed by atoms with E-state index in [1.165, 1.54) is 0 Å². The van der Waals surface area contributed by atoms with Crippen LogP contribution in [-0.4, -0.2) is 36.4 Å². The third kappa shape index (κ3) is 3.47. The number of morpholine rings is 1. The molecule has 0 amide bonds. The van der Waals surface area contributed by atoms with Crippen molar-refractivity contribution in [3.05, 3.63) is 29.8 Å². The minimum Gasteiger partial charge on any atom is -0.497 e. The van der Waals surface area contributed by atoms with Crippen molar-refractivity contribution in [3.63, 3.8) is 0 Å². The summed E-state index contributed by atoms with van der Waals surface area (Å²) in [4.78, 5) is 9.83. The summed E-state index contributed by atoms with van der Waals surface area (Å²) in [6.45, 7) is 1.75. The van der Waals surface area contributed by atoms with Crippen LogP contribution < -0.4 is 4.74 Å². The zero-order chi connectivity index (χ0) is 13.2. The first kappa shape index (κ1) is 14.3. The van der Waals surface area contributed by atoms with E-state index >= 15 is 0 Å². The Bertz CT molecular complexity index is 448. The van der Waals surface area contributed by atoms with Gasteiger partial charge in [-0.2, -0.15) is 0 Å². The summed E-state index contributed by atoms with van der Waals surface area (Å²) in [5, 5.41) is 0. The molecule has 1 N–H and O–H groups in total. The van der Waals surface area contributed by atoms with Crippen LogP contribution in [0.15, 0.2) is 24.3 Å². The van der Waals surface area contributed by atoms with Gasteiger partial charge in [-0.1, -0.05) is 12.1 Å². The Morgan fingerprint density at radius 1 is 1.50 bits per heavy atom. The monoisotopic (exact) mass is 305 g/mol. The molecule has 1 aromatic carbocycles. The van der Waals surface area contributed by atoms with Crippen LogP contribution in [0.2, 0.25) is 0 Å². The minimum absolute atomic E-state index is 0.0775. The molecule has 1 heterocycles. The molecule has 1 fully saturated rings. The predicted octanol–water partition coefficient (Wildman–Crippen LogP) is 2.22. The summed E-state index contributed by atoms with van der Waals surface area (Å²) < 4.78 is 12.6. The number of benzene rings is 1. The lowest BCUT2D eigenvalue weighted by atomic mass is 10.1. The standard InChI is InChI=1S/C11H16NO3PS2/c1-14-10-4-2-9(3-5-10)11-8-12(6-7-15-11)16(13,17)18/h2-5,11H,6-8H2,1H3,(H2,13,17,18). The molecular weight excluding hydrogens is 289 g/mol. The molecule has 18 heavy (non-hydrogen) atoms. The van der Waals surface area contributed by atoms with Crippen molar-refractivity contribution in [2.75, 3.05) is 26.8 Å². The lowest BCUT2D eigenvalue weighted by molar-refractivity contribution is -0.00291. The molecule has 0 aromatic heterocycles. The Hall–Kier alpha value is -0.100. The molecular formula is C11H16NO3PS2. The zero-order valence-corrected chi connectivity index (χ0v) is 12.6. The SMILES string of the molecule is COc1ccc(C2CN(P(O)(=S)S)CCO2)cc1. The summed E-state index contributed by atoms with van der Waals surface area (Å²) >= 11 is 9.14. The van der Waals surface area contributed by atoms with Crippen LogP contribution >= 0.6 is 17.9 Å². The van der Waals surface area contributed by atoms with Gasteiger partial charge in [0, 0.05) is 13.1 Å². The lowest BCUT2D eigenvalue weighted by Gasteiger charge is -2.35. The molecule has 1 saturated heterocycles. The molecule has 2 unspecified atom stereocenters. The van der Waals surface area contributed by atoms with Gasteiger partial charge in [-0.3, -0.25) is 0 Å². The Morgan fingerprint density at radius 3 is 2.72 bits per heavy atom. The average Bonchev–Trinajstić information content (AvgIpc) is 2.38. The van der Waals surface area contributed by atoms with Crippen molar-refractivity contribution in [3.8, 4) is 5.75 Å². The van der Waals surface area contributed by atoms with Gasteiger partial charge >= 0.3 is 0 Å². The number of ether oxygens (including phenoxy) is 2. The Kier molecular flexibility index (Phi) is 4.69. The molecule has 1 aliphatic heterocycles. The van der Waals surface area contributed by atoms with E-state index in [1.807, 2.05) is 28.9 Å². The van der Waals surface area contributed by atoms with Crippen LogP contribution in [0.3, 0.4) is 0 Å². The first-order chi connectivity index (χ1) is 8.50. The number of thiol groups is 1. The van der Waals surface area contributed by atoms with E-state index in [1.54, 1.807) is 7.11 Å². The van der Waals surface area contributed by atoms with Gasteiger partial charge in [0.05, 0.1) is 19.8 Å². The van der Waals surface area contributed by atoms with Crippen molar-refractivity contribution >= 4 is 29.7 Å². The van der Waals surface area contributed by atoms with Gasteiger partial charge in [0.2, 0.25) is 0 Å². The quantitative estimate of drug-likeness (QED) is 0.662. The van der Waals surface area contributed by atoms with Crippen LogP contribution in [-0.2, 0) is 16.5 Å². The largest absolute Gasteiger partial charge is 0.497 e. The van der Waals surface area contributed by atoms with Crippen LogP contribution in [0, 0.1) is 0 Å². The molecule has 2 rings (SSSR count). The molecule has 1 aliphatic rings. The number of hydrogen-bond acceptors (Lipinski definition) is 3. The summed E-state index contributed by atoms with van der Waals surface area (Å²) in [6.07, 6.45) is -0.0775. The van der Waals surface area contributed by atoms with Gasteiger partial charge in [-0.15, -0.1) is 12.2 Å². The van der Waals surface area contributed by atoms with E-state index < -0.39 is 5.62 Å². The molecule has 7 heteroatoms. The highest BCUT2D eigenvalue weighted by Gasteiger charge is 2.28. The van der Waals surface area contributed by atoms with Crippen molar-refractivity contribution in [1.29, 1.82) is 0 Å². The second kappa shape index (κ2) is 5.90. The molecule has 0 saturated carbocycles. The third-order valence-electron chi connectivity index (χ3n) is 2.90. The molecule has 0 radical (unpaired) electrons. The van der Waals surface area contributed by atoms with E-state index in [0.717, 1.165) is 11.3 Å². The number of methoxy groups -OCH3 is 1. The average molecular weight is 305 g/mol. The molecule has 0 spiro atoms. The van der Waals surface area contributed by atoms with Gasteiger partial charge in [0.1, 0.15) is 5.75 Å². The van der Waals surface area contributed by atoms with E-state index in [9.17, 15) is 4.89 Å². The highest BCUT2D eigenvalue weighted by Crippen LogP contribution is 2.51. The van der Waals surface area contributed by atoms with E-state index in [2.05, 4.69) is 12.2 Å². The zero-order valence-electron chi connectivity index (χ0n) is 10.0. The van der Waals surface area contributed by atoms with Crippen molar-refractivity contribution < 1.29 is 14.4 Å². The molecule has 0 aliphatic carbocycles. The van der Waals surface area contributed by atoms with Crippen molar-refractivity contribution in [2.45, 2.75) is 6.10 Å². The van der Waals surface area contributed by atoms with Gasteiger partial charge in [-0.05, 0) is 29.5 Å². The Morgan fingerprint density at radius 2 is 2.17 bits per heavy atom. The topological polar surface area (TPSA) is 41.9 Å². The first-order valence-electron chi connectivity index (χ1n) is 5.57. The van der Waals surface area contributed by atoms with Crippen molar-refractivity contribution in [1.82, 2.24) is 4.67 Å². The summed E-state index contributed by atoms with van der Waals surface area (Å²) in [7, 11) is 1.64. The summed E-state index contributed by atoms with van der Waals surface area (Å²) in [5.41, 5.74) is -1.60. The van der Waals surface area contributed by atoms with Crippen LogP contribution in [0.25, 0.3) is 0 Å². The lowest BCUT2D eigenvalue weighted by Crippen LogP contribution is -2.35. The van der Waals surface area contributed by atoms with Crippen LogP contribution in [0.4, 0.5) is 0 Å². The maximum atomic E-state index is 9.83. The van der Waals surface area contributed by atoms with E-state index in [0.29, 0.717) is 19.7 Å². The maximum Gasteiger partial charge on any atom is 0.183 e. The molecule has 0 bridgehead atoms. The van der Waals surface area contributed by atoms with Crippen molar-refractivity contribution in [2.24, 2.45) is 0 Å². The summed E-state index contributed by atoms with van der Waals surface area (Å²) in [5.74, 6) is 0.813. The second-order valence-corrected chi connectivity index (χ2v) is 9.66. The normalized spacial score (nSPS) is 24.5. The molecule has 2 atom stereocenters. The Balaban J connectivity index is 2.10. The maximum absolute atomic E-state index is 9.83. The fraction of sp³-hybridized carbons (Fsp3) is 0.455. The van der Waals surface area contributed by atoms with Gasteiger partial charge in [-0.25, -0.2) is 4.67 Å². The molecule has 100 valence electrons. The fourth-order valence-corrected chi connectivity index (χ4v) is 3.53. The smallest absolute Gasteiger partial charge is 0.183 e. The van der Waals surface area contributed by atoms with Crippen LogP contribution in [0.5, 0.6) is 5.75 Å². The highest BCUT2D eigenvalue weighted by atomic mass is 32.9. The summed E-state index contributed by atoms with van der Waals surface area (Å²) in [6, 6.07) is 7.72.